The maximum Gasteiger partial charge on any atom is 0.219 e. The number of hydrogen-bond acceptors (Lipinski definition) is 4. The number of amides is 1. The lowest BCUT2D eigenvalue weighted by Gasteiger charge is -2.36. The average Bonchev–Trinajstić information content (AvgIpc) is 2.60. The molecule has 2 aliphatic rings. The lowest BCUT2D eigenvalue weighted by Crippen LogP contribution is -2.53. The van der Waals surface area contributed by atoms with Gasteiger partial charge in [0, 0.05) is 78.9 Å². The number of aliphatic imine (C=N–C) groups is 1. The van der Waals surface area contributed by atoms with Crippen LogP contribution in [0.25, 0.3) is 0 Å². The number of guanidine groups is 1. The van der Waals surface area contributed by atoms with Crippen LogP contribution in [0.15, 0.2) is 4.99 Å². The van der Waals surface area contributed by atoms with E-state index in [1.807, 2.05) is 4.90 Å². The molecule has 0 aromatic heterocycles. The third-order valence-electron chi connectivity index (χ3n) is 5.08. The van der Waals surface area contributed by atoms with E-state index in [-0.39, 0.29) is 29.9 Å². The summed E-state index contributed by atoms with van der Waals surface area (Å²) in [5, 5.41) is 3.41. The van der Waals surface area contributed by atoms with Crippen molar-refractivity contribution in [1.82, 2.24) is 24.9 Å². The van der Waals surface area contributed by atoms with E-state index in [2.05, 4.69) is 40.9 Å². The van der Waals surface area contributed by atoms with E-state index in [0.717, 1.165) is 64.9 Å². The van der Waals surface area contributed by atoms with Crippen LogP contribution in [0.3, 0.4) is 0 Å². The smallest absolute Gasteiger partial charge is 0.219 e. The highest BCUT2D eigenvalue weighted by Gasteiger charge is 2.21. The molecule has 1 amide bonds. The van der Waals surface area contributed by atoms with Gasteiger partial charge in [-0.1, -0.05) is 6.92 Å². The fourth-order valence-corrected chi connectivity index (χ4v) is 3.43. The number of piperazine rings is 2. The van der Waals surface area contributed by atoms with Crippen molar-refractivity contribution in [3.05, 3.63) is 0 Å². The molecule has 7 nitrogen and oxygen atoms in total. The molecule has 26 heavy (non-hydrogen) atoms. The number of halogens is 1. The first-order valence-corrected chi connectivity index (χ1v) is 9.69. The number of nitrogens with zero attached hydrogens (tertiary/aromatic N) is 5. The summed E-state index contributed by atoms with van der Waals surface area (Å²) in [6, 6.07) is 0. The van der Waals surface area contributed by atoms with Gasteiger partial charge in [0.2, 0.25) is 5.91 Å². The lowest BCUT2D eigenvalue weighted by atomic mass is 10.1. The number of carbonyl (C=O) groups excluding carboxylic acids is 1. The molecule has 2 heterocycles. The zero-order valence-corrected chi connectivity index (χ0v) is 19.2. The number of carbonyl (C=O) groups is 1. The lowest BCUT2D eigenvalue weighted by molar-refractivity contribution is -0.130. The van der Waals surface area contributed by atoms with E-state index in [1.54, 1.807) is 6.92 Å². The molecule has 2 aliphatic heterocycles. The summed E-state index contributed by atoms with van der Waals surface area (Å²) in [5.74, 6) is 1.72. The van der Waals surface area contributed by atoms with E-state index in [9.17, 15) is 4.79 Å². The first-order chi connectivity index (χ1) is 12.0. The minimum atomic E-state index is 0. The molecule has 0 aromatic rings. The Bertz CT molecular complexity index is 445. The van der Waals surface area contributed by atoms with Gasteiger partial charge in [0.1, 0.15) is 0 Å². The van der Waals surface area contributed by atoms with E-state index in [0.29, 0.717) is 5.92 Å². The molecule has 1 unspecified atom stereocenters. The van der Waals surface area contributed by atoms with E-state index in [4.69, 9.17) is 4.99 Å². The van der Waals surface area contributed by atoms with Gasteiger partial charge in [0.15, 0.2) is 5.96 Å². The van der Waals surface area contributed by atoms with Gasteiger partial charge in [-0.15, -0.1) is 24.0 Å². The monoisotopic (exact) mass is 480 g/mol. The molecule has 0 radical (unpaired) electrons. The first-order valence-electron chi connectivity index (χ1n) is 9.69. The van der Waals surface area contributed by atoms with Crippen LogP contribution in [0.1, 0.15) is 20.8 Å². The Morgan fingerprint density at radius 3 is 2.15 bits per heavy atom. The van der Waals surface area contributed by atoms with Crippen LogP contribution in [0.5, 0.6) is 0 Å². The Hall–Kier alpha value is -0.610. The molecule has 0 aromatic carbocycles. The fourth-order valence-electron chi connectivity index (χ4n) is 3.43. The average molecular weight is 480 g/mol. The van der Waals surface area contributed by atoms with Crippen LogP contribution in [-0.4, -0.2) is 111 Å². The molecule has 2 rings (SSSR count). The molecular formula is C18H37IN6O. The number of nitrogens with one attached hydrogen (secondary N) is 1. The molecule has 2 saturated heterocycles. The quantitative estimate of drug-likeness (QED) is 0.355. The van der Waals surface area contributed by atoms with Gasteiger partial charge in [-0.3, -0.25) is 9.79 Å². The third-order valence-corrected chi connectivity index (χ3v) is 5.08. The maximum absolute atomic E-state index is 11.5. The third kappa shape index (κ3) is 7.56. The SMILES string of the molecule is CCNC(=NCC(C)CN1CCN(C)CC1)N1CCN(C(C)=O)CC1.I. The van der Waals surface area contributed by atoms with Gasteiger partial charge in [-0.05, 0) is 19.9 Å². The Kier molecular flexibility index (Phi) is 10.8. The summed E-state index contributed by atoms with van der Waals surface area (Å²) in [7, 11) is 2.19. The number of rotatable bonds is 5. The Labute approximate surface area is 176 Å². The van der Waals surface area contributed by atoms with Gasteiger partial charge in [-0.25, -0.2) is 0 Å². The first kappa shape index (κ1) is 23.4. The standard InChI is InChI=1S/C18H36N6O.HI/c1-5-19-18(24-12-10-23(11-13-24)17(3)25)20-14-16(2)15-22-8-6-21(4)7-9-22;/h16H,5-15H2,1-4H3,(H,19,20);1H. The summed E-state index contributed by atoms with van der Waals surface area (Å²) < 4.78 is 0. The van der Waals surface area contributed by atoms with Crippen molar-refractivity contribution in [2.75, 3.05) is 79.0 Å². The van der Waals surface area contributed by atoms with Gasteiger partial charge in [-0.2, -0.15) is 0 Å². The van der Waals surface area contributed by atoms with Crippen LogP contribution in [0, 0.1) is 5.92 Å². The normalized spacial score (nSPS) is 21.3. The molecule has 152 valence electrons. The molecule has 0 saturated carbocycles. The van der Waals surface area contributed by atoms with E-state index < -0.39 is 0 Å². The second kappa shape index (κ2) is 12.0. The molecule has 0 aliphatic carbocycles. The van der Waals surface area contributed by atoms with Crippen molar-refractivity contribution in [3.8, 4) is 0 Å². The second-order valence-corrected chi connectivity index (χ2v) is 7.40. The summed E-state index contributed by atoms with van der Waals surface area (Å²) >= 11 is 0. The van der Waals surface area contributed by atoms with Crippen molar-refractivity contribution in [2.24, 2.45) is 10.9 Å². The Morgan fingerprint density at radius 1 is 1.04 bits per heavy atom. The summed E-state index contributed by atoms with van der Waals surface area (Å²) in [6.07, 6.45) is 0. The molecule has 2 fully saturated rings. The predicted octanol–water partition coefficient (Wildman–Crippen LogP) is 0.618. The Balaban J connectivity index is 0.00000338. The highest BCUT2D eigenvalue weighted by Crippen LogP contribution is 2.07. The minimum absolute atomic E-state index is 0. The van der Waals surface area contributed by atoms with Crippen LogP contribution >= 0.6 is 24.0 Å². The van der Waals surface area contributed by atoms with Gasteiger partial charge < -0.3 is 24.9 Å². The van der Waals surface area contributed by atoms with Crippen molar-refractivity contribution >= 4 is 35.8 Å². The summed E-state index contributed by atoms with van der Waals surface area (Å²) in [4.78, 5) is 25.5. The Morgan fingerprint density at radius 2 is 1.62 bits per heavy atom. The highest BCUT2D eigenvalue weighted by molar-refractivity contribution is 14.0. The summed E-state index contributed by atoms with van der Waals surface area (Å²) in [5.41, 5.74) is 0. The van der Waals surface area contributed by atoms with E-state index >= 15 is 0 Å². The van der Waals surface area contributed by atoms with Gasteiger partial charge >= 0.3 is 0 Å². The van der Waals surface area contributed by atoms with Crippen LogP contribution in [-0.2, 0) is 4.79 Å². The molecule has 0 spiro atoms. The second-order valence-electron chi connectivity index (χ2n) is 7.40. The molecule has 0 bridgehead atoms. The summed E-state index contributed by atoms with van der Waals surface area (Å²) in [6.45, 7) is 16.8. The van der Waals surface area contributed by atoms with Crippen LogP contribution < -0.4 is 5.32 Å². The zero-order chi connectivity index (χ0) is 18.2. The van der Waals surface area contributed by atoms with Gasteiger partial charge in [0.25, 0.3) is 0 Å². The molecule has 8 heteroatoms. The van der Waals surface area contributed by atoms with Crippen molar-refractivity contribution in [3.63, 3.8) is 0 Å². The van der Waals surface area contributed by atoms with Crippen LogP contribution in [0.4, 0.5) is 0 Å². The number of likely N-dealkylation sites (N-methyl/N-ethyl adjacent to an activating group) is 1. The minimum Gasteiger partial charge on any atom is -0.357 e. The molecular weight excluding hydrogens is 443 g/mol. The topological polar surface area (TPSA) is 54.4 Å². The van der Waals surface area contributed by atoms with Crippen molar-refractivity contribution in [2.45, 2.75) is 20.8 Å². The molecule has 1 N–H and O–H groups in total. The zero-order valence-electron chi connectivity index (χ0n) is 16.9. The van der Waals surface area contributed by atoms with Crippen molar-refractivity contribution < 1.29 is 4.79 Å². The van der Waals surface area contributed by atoms with Gasteiger partial charge in [0.05, 0.1) is 0 Å². The van der Waals surface area contributed by atoms with Crippen LogP contribution in [0.2, 0.25) is 0 Å². The van der Waals surface area contributed by atoms with E-state index in [1.165, 1.54) is 13.1 Å². The number of hydrogen-bond donors (Lipinski definition) is 1. The fraction of sp³-hybridized carbons (Fsp3) is 0.889. The largest absolute Gasteiger partial charge is 0.357 e. The maximum atomic E-state index is 11.5. The van der Waals surface area contributed by atoms with Crippen molar-refractivity contribution in [1.29, 1.82) is 0 Å². The molecule has 1 atom stereocenters. The highest BCUT2D eigenvalue weighted by atomic mass is 127. The predicted molar refractivity (Wildman–Crippen MR) is 118 cm³/mol.